The average Bonchev–Trinajstić information content (AvgIpc) is 2.48. The third kappa shape index (κ3) is 4.34. The van der Waals surface area contributed by atoms with Crippen molar-refractivity contribution in [2.45, 2.75) is 45.1 Å². The maximum Gasteiger partial charge on any atom is 0.251 e. The number of hydrogen-bond donors (Lipinski definition) is 1. The Bertz CT molecular complexity index is 419. The smallest absolute Gasteiger partial charge is 0.251 e. The van der Waals surface area contributed by atoms with Crippen LogP contribution in [0.5, 0.6) is 0 Å². The zero-order valence-electron chi connectivity index (χ0n) is 12.7. The molecule has 0 atom stereocenters. The molecular weight excluding hydrogens is 248 g/mol. The molecule has 0 radical (unpaired) electrons. The van der Waals surface area contributed by atoms with Crippen molar-refractivity contribution in [1.29, 1.82) is 0 Å². The molecule has 1 aromatic rings. The number of carbonyl (C=O) groups is 1. The molecule has 0 unspecified atom stereocenters. The predicted molar refractivity (Wildman–Crippen MR) is 83.0 cm³/mol. The number of rotatable bonds is 5. The number of aryl methyl sites for hydroxylation is 1. The van der Waals surface area contributed by atoms with E-state index in [9.17, 15) is 4.79 Å². The first-order chi connectivity index (χ1) is 9.69. The van der Waals surface area contributed by atoms with Gasteiger partial charge in [0, 0.05) is 11.6 Å². The fourth-order valence-electron chi connectivity index (χ4n) is 2.63. The Morgan fingerprint density at radius 2 is 1.90 bits per heavy atom. The summed E-state index contributed by atoms with van der Waals surface area (Å²) in [5, 5.41) is 3.15. The fourth-order valence-corrected chi connectivity index (χ4v) is 2.63. The van der Waals surface area contributed by atoms with Crippen LogP contribution in [-0.2, 0) is 6.42 Å². The van der Waals surface area contributed by atoms with Crippen LogP contribution in [0.25, 0.3) is 0 Å². The summed E-state index contributed by atoms with van der Waals surface area (Å²) in [6, 6.07) is 8.40. The number of nitrogens with one attached hydrogen (secondary N) is 1. The molecule has 1 aliphatic heterocycles. The molecule has 1 saturated heterocycles. The average molecular weight is 274 g/mol. The number of likely N-dealkylation sites (tertiary alicyclic amines) is 1. The molecular formula is C17H26N2O. The number of benzene rings is 1. The van der Waals surface area contributed by atoms with Gasteiger partial charge < -0.3 is 10.2 Å². The van der Waals surface area contributed by atoms with Gasteiger partial charge in [-0.3, -0.25) is 4.79 Å². The van der Waals surface area contributed by atoms with Gasteiger partial charge in [0.05, 0.1) is 0 Å². The molecule has 20 heavy (non-hydrogen) atoms. The van der Waals surface area contributed by atoms with E-state index in [1.54, 1.807) is 0 Å². The number of hydrogen-bond acceptors (Lipinski definition) is 2. The lowest BCUT2D eigenvalue weighted by Gasteiger charge is -2.29. The van der Waals surface area contributed by atoms with Gasteiger partial charge in [-0.1, -0.05) is 25.5 Å². The Labute approximate surface area is 122 Å². The summed E-state index contributed by atoms with van der Waals surface area (Å²) in [5.41, 5.74) is 2.10. The lowest BCUT2D eigenvalue weighted by Crippen LogP contribution is -2.43. The van der Waals surface area contributed by atoms with Gasteiger partial charge in [0.25, 0.3) is 5.91 Å². The molecule has 0 aliphatic carbocycles. The van der Waals surface area contributed by atoms with Crippen LogP contribution >= 0.6 is 0 Å². The zero-order chi connectivity index (χ0) is 14.4. The molecule has 0 bridgehead atoms. The highest BCUT2D eigenvalue weighted by Crippen LogP contribution is 2.11. The van der Waals surface area contributed by atoms with Crippen molar-refractivity contribution >= 4 is 5.91 Å². The maximum atomic E-state index is 12.2. The molecule has 1 fully saturated rings. The number of carbonyl (C=O) groups excluding carboxylic acids is 1. The van der Waals surface area contributed by atoms with Gasteiger partial charge in [0.2, 0.25) is 0 Å². The Kier molecular flexibility index (Phi) is 5.60. The number of piperidine rings is 1. The highest BCUT2D eigenvalue weighted by molar-refractivity contribution is 5.94. The first kappa shape index (κ1) is 15.0. The predicted octanol–water partition coefficient (Wildman–Crippen LogP) is 2.85. The Morgan fingerprint density at radius 1 is 1.25 bits per heavy atom. The van der Waals surface area contributed by atoms with Gasteiger partial charge in [-0.25, -0.2) is 0 Å². The lowest BCUT2D eigenvalue weighted by atomic mass is 10.0. The van der Waals surface area contributed by atoms with Crippen molar-refractivity contribution in [3.8, 4) is 0 Å². The molecule has 0 aromatic heterocycles. The first-order valence-electron chi connectivity index (χ1n) is 7.77. The Morgan fingerprint density at radius 3 is 2.50 bits per heavy atom. The van der Waals surface area contributed by atoms with E-state index in [-0.39, 0.29) is 5.91 Å². The van der Waals surface area contributed by atoms with E-state index in [0.29, 0.717) is 6.04 Å². The second-order valence-electron chi connectivity index (χ2n) is 5.85. The van der Waals surface area contributed by atoms with E-state index in [4.69, 9.17) is 0 Å². The van der Waals surface area contributed by atoms with Crippen LogP contribution in [0.15, 0.2) is 24.3 Å². The molecule has 3 heteroatoms. The molecule has 0 saturated carbocycles. The third-order valence-corrected chi connectivity index (χ3v) is 4.09. The van der Waals surface area contributed by atoms with Crippen LogP contribution in [0.2, 0.25) is 0 Å². The summed E-state index contributed by atoms with van der Waals surface area (Å²) in [5.74, 6) is 0.0709. The number of nitrogens with zero attached hydrogens (tertiary/aromatic N) is 1. The minimum atomic E-state index is 0.0709. The van der Waals surface area contributed by atoms with E-state index in [1.165, 1.54) is 18.4 Å². The van der Waals surface area contributed by atoms with Crippen LogP contribution in [0, 0.1) is 0 Å². The quantitative estimate of drug-likeness (QED) is 0.895. The SMILES string of the molecule is CCCCc1ccc(C(=O)NC2CCN(C)CC2)cc1. The van der Waals surface area contributed by atoms with Crippen LogP contribution in [0.4, 0.5) is 0 Å². The van der Waals surface area contributed by atoms with E-state index < -0.39 is 0 Å². The summed E-state index contributed by atoms with van der Waals surface area (Å²) in [7, 11) is 2.13. The highest BCUT2D eigenvalue weighted by Gasteiger charge is 2.18. The monoisotopic (exact) mass is 274 g/mol. The number of unbranched alkanes of at least 4 members (excludes halogenated alkanes) is 1. The van der Waals surface area contributed by atoms with Crippen LogP contribution in [0.3, 0.4) is 0 Å². The van der Waals surface area contributed by atoms with Gasteiger partial charge in [-0.15, -0.1) is 0 Å². The van der Waals surface area contributed by atoms with Gasteiger partial charge in [-0.2, -0.15) is 0 Å². The van der Waals surface area contributed by atoms with Gasteiger partial charge in [0.1, 0.15) is 0 Å². The topological polar surface area (TPSA) is 32.3 Å². The largest absolute Gasteiger partial charge is 0.349 e. The molecule has 3 nitrogen and oxygen atoms in total. The van der Waals surface area contributed by atoms with E-state index in [2.05, 4.69) is 36.3 Å². The second-order valence-corrected chi connectivity index (χ2v) is 5.85. The normalized spacial score (nSPS) is 17.1. The van der Waals surface area contributed by atoms with Crippen molar-refractivity contribution in [3.05, 3.63) is 35.4 Å². The Hall–Kier alpha value is -1.35. The van der Waals surface area contributed by atoms with Gasteiger partial charge >= 0.3 is 0 Å². The molecule has 1 heterocycles. The fraction of sp³-hybridized carbons (Fsp3) is 0.588. The van der Waals surface area contributed by atoms with Crippen molar-refractivity contribution < 1.29 is 4.79 Å². The third-order valence-electron chi connectivity index (χ3n) is 4.09. The molecule has 1 amide bonds. The summed E-state index contributed by atoms with van der Waals surface area (Å²) >= 11 is 0. The first-order valence-corrected chi connectivity index (χ1v) is 7.77. The second kappa shape index (κ2) is 7.44. The van der Waals surface area contributed by atoms with Crippen molar-refractivity contribution in [2.75, 3.05) is 20.1 Å². The minimum Gasteiger partial charge on any atom is -0.349 e. The molecule has 0 spiro atoms. The molecule has 1 aliphatic rings. The highest BCUT2D eigenvalue weighted by atomic mass is 16.1. The Balaban J connectivity index is 1.85. The summed E-state index contributed by atoms with van der Waals surface area (Å²) < 4.78 is 0. The minimum absolute atomic E-state index is 0.0709. The van der Waals surface area contributed by atoms with E-state index in [1.807, 2.05) is 12.1 Å². The van der Waals surface area contributed by atoms with E-state index >= 15 is 0 Å². The molecule has 110 valence electrons. The van der Waals surface area contributed by atoms with Crippen molar-refractivity contribution in [1.82, 2.24) is 10.2 Å². The van der Waals surface area contributed by atoms with Crippen LogP contribution < -0.4 is 5.32 Å². The van der Waals surface area contributed by atoms with Gasteiger partial charge in [-0.05, 0) is 63.5 Å². The molecule has 2 rings (SSSR count). The van der Waals surface area contributed by atoms with Crippen molar-refractivity contribution in [3.63, 3.8) is 0 Å². The standard InChI is InChI=1S/C17H26N2O/c1-3-4-5-14-6-8-15(9-7-14)17(20)18-16-10-12-19(2)13-11-16/h6-9,16H,3-5,10-13H2,1-2H3,(H,18,20). The molecule has 1 N–H and O–H groups in total. The van der Waals surface area contributed by atoms with E-state index in [0.717, 1.165) is 37.9 Å². The zero-order valence-corrected chi connectivity index (χ0v) is 12.7. The van der Waals surface area contributed by atoms with Gasteiger partial charge in [0.15, 0.2) is 0 Å². The van der Waals surface area contributed by atoms with Crippen LogP contribution in [-0.4, -0.2) is 37.0 Å². The summed E-state index contributed by atoms with van der Waals surface area (Å²) in [4.78, 5) is 14.5. The lowest BCUT2D eigenvalue weighted by molar-refractivity contribution is 0.0917. The molecule has 1 aromatic carbocycles. The van der Waals surface area contributed by atoms with Crippen molar-refractivity contribution in [2.24, 2.45) is 0 Å². The summed E-state index contributed by atoms with van der Waals surface area (Å²) in [6.07, 6.45) is 5.63. The summed E-state index contributed by atoms with van der Waals surface area (Å²) in [6.45, 7) is 4.34. The van der Waals surface area contributed by atoms with Crippen LogP contribution in [0.1, 0.15) is 48.5 Å². The maximum absolute atomic E-state index is 12.2. The number of amides is 1.